The lowest BCUT2D eigenvalue weighted by molar-refractivity contribution is -0.117. The number of amides is 1. The van der Waals surface area contributed by atoms with Gasteiger partial charge < -0.3 is 10.1 Å². The molecule has 3 aromatic carbocycles. The Balaban J connectivity index is 1.54. The zero-order valence-electron chi connectivity index (χ0n) is 18.8. The van der Waals surface area contributed by atoms with E-state index in [2.05, 4.69) is 29.2 Å². The summed E-state index contributed by atoms with van der Waals surface area (Å²) in [5.74, 6) is 0.810. The number of hydrogen-bond donors (Lipinski definition) is 1. The number of hydrogen-bond acceptors (Lipinski definition) is 5. The maximum atomic E-state index is 13.3. The minimum Gasteiger partial charge on any atom is -0.436 e. The minimum atomic E-state index is -0.447. The van der Waals surface area contributed by atoms with Crippen molar-refractivity contribution in [3.63, 3.8) is 0 Å². The lowest BCUT2D eigenvalue weighted by Crippen LogP contribution is -2.28. The first kappa shape index (κ1) is 21.4. The van der Waals surface area contributed by atoms with E-state index in [0.717, 1.165) is 4.68 Å². The van der Waals surface area contributed by atoms with Crippen LogP contribution in [-0.4, -0.2) is 25.1 Å². The highest BCUT2D eigenvalue weighted by molar-refractivity contribution is 5.90. The van der Waals surface area contributed by atoms with Gasteiger partial charge in [0.1, 0.15) is 12.3 Å². The summed E-state index contributed by atoms with van der Waals surface area (Å²) in [4.78, 5) is 30.4. The molecule has 8 nitrogen and oxygen atoms in total. The summed E-state index contributed by atoms with van der Waals surface area (Å²) in [5.41, 5.74) is 2.79. The fourth-order valence-corrected chi connectivity index (χ4v) is 3.73. The number of carbonyl (C=O) groups is 1. The zero-order valence-corrected chi connectivity index (χ0v) is 18.8. The highest BCUT2D eigenvalue weighted by Gasteiger charge is 2.19. The van der Waals surface area contributed by atoms with Crippen molar-refractivity contribution in [3.8, 4) is 11.6 Å². The fraction of sp³-hybridized carbons (Fsp3) is 0.154. The number of nitrogens with zero attached hydrogens (tertiary/aromatic N) is 4. The van der Waals surface area contributed by atoms with Gasteiger partial charge in [-0.1, -0.05) is 56.3 Å². The topological polar surface area (TPSA) is 90.5 Å². The first-order valence-electron chi connectivity index (χ1n) is 11.0. The van der Waals surface area contributed by atoms with E-state index in [1.165, 1.54) is 9.96 Å². The summed E-state index contributed by atoms with van der Waals surface area (Å²) in [6.45, 7) is 4.00. The van der Waals surface area contributed by atoms with E-state index in [4.69, 9.17) is 4.74 Å². The molecule has 0 aliphatic carbocycles. The first-order chi connectivity index (χ1) is 16.5. The molecule has 8 heteroatoms. The van der Waals surface area contributed by atoms with Crippen LogP contribution in [0.25, 0.3) is 16.7 Å². The Bertz CT molecular complexity index is 1540. The van der Waals surface area contributed by atoms with Crippen molar-refractivity contribution in [2.24, 2.45) is 0 Å². The molecule has 0 saturated carbocycles. The van der Waals surface area contributed by atoms with Crippen LogP contribution in [0.2, 0.25) is 0 Å². The average Bonchev–Trinajstić information content (AvgIpc) is 3.16. The third-order valence-corrected chi connectivity index (χ3v) is 5.49. The number of carbonyl (C=O) groups excluding carboxylic acids is 1. The molecular formula is C26H23N5O3. The predicted octanol–water partition coefficient (Wildman–Crippen LogP) is 4.60. The molecule has 0 aliphatic rings. The number of fused-ring (bicyclic) bond motifs is 3. The highest BCUT2D eigenvalue weighted by Crippen LogP contribution is 2.27. The number of aromatic nitrogens is 4. The van der Waals surface area contributed by atoms with Crippen LogP contribution in [0.4, 0.5) is 5.69 Å². The second-order valence-electron chi connectivity index (χ2n) is 8.24. The Hall–Kier alpha value is -4.46. The predicted molar refractivity (Wildman–Crippen MR) is 130 cm³/mol. The van der Waals surface area contributed by atoms with Crippen LogP contribution in [-0.2, 0) is 11.3 Å². The van der Waals surface area contributed by atoms with E-state index in [1.807, 2.05) is 54.6 Å². The van der Waals surface area contributed by atoms with Gasteiger partial charge in [-0.15, -0.1) is 5.10 Å². The summed E-state index contributed by atoms with van der Waals surface area (Å²) in [6.07, 6.45) is 0. The summed E-state index contributed by atoms with van der Waals surface area (Å²) in [6, 6.07) is 24.0. The van der Waals surface area contributed by atoms with Crippen LogP contribution in [0, 0.1) is 0 Å². The summed E-state index contributed by atoms with van der Waals surface area (Å²) >= 11 is 0. The van der Waals surface area contributed by atoms with Crippen molar-refractivity contribution >= 4 is 28.3 Å². The molecule has 1 N–H and O–H groups in total. The zero-order chi connectivity index (χ0) is 23.7. The standard InChI is InChI=1S/C26H23N5O3/c1-17(2)18-12-14-20(15-13-18)34-25-24-29-30(16-23(32)27-19-8-4-3-5-9-19)26(33)31(24)22-11-7-6-10-21(22)28-25/h3-15,17H,16H2,1-2H3,(H,27,32). The molecule has 0 aliphatic heterocycles. The van der Waals surface area contributed by atoms with Crippen molar-refractivity contribution in [2.45, 2.75) is 26.3 Å². The van der Waals surface area contributed by atoms with E-state index in [9.17, 15) is 9.59 Å². The van der Waals surface area contributed by atoms with Crippen LogP contribution < -0.4 is 15.7 Å². The molecule has 170 valence electrons. The van der Waals surface area contributed by atoms with Crippen molar-refractivity contribution in [2.75, 3.05) is 5.32 Å². The van der Waals surface area contributed by atoms with Gasteiger partial charge in [0.25, 0.3) is 5.88 Å². The minimum absolute atomic E-state index is 0.190. The van der Waals surface area contributed by atoms with Crippen LogP contribution in [0.5, 0.6) is 11.6 Å². The highest BCUT2D eigenvalue weighted by atomic mass is 16.5. The molecule has 1 amide bonds. The van der Waals surface area contributed by atoms with Gasteiger partial charge in [-0.05, 0) is 47.9 Å². The van der Waals surface area contributed by atoms with E-state index < -0.39 is 5.69 Å². The number of benzene rings is 3. The number of ether oxygens (including phenoxy) is 1. The van der Waals surface area contributed by atoms with Gasteiger partial charge in [0.2, 0.25) is 11.6 Å². The van der Waals surface area contributed by atoms with Crippen LogP contribution in [0.15, 0.2) is 83.7 Å². The third kappa shape index (κ3) is 4.13. The molecule has 2 heterocycles. The second-order valence-corrected chi connectivity index (χ2v) is 8.24. The van der Waals surface area contributed by atoms with Gasteiger partial charge >= 0.3 is 5.69 Å². The molecule has 0 spiro atoms. The molecule has 0 unspecified atom stereocenters. The lowest BCUT2D eigenvalue weighted by Gasteiger charge is -2.09. The maximum absolute atomic E-state index is 13.3. The summed E-state index contributed by atoms with van der Waals surface area (Å²) in [5, 5.41) is 7.18. The summed E-state index contributed by atoms with van der Waals surface area (Å²) < 4.78 is 8.60. The van der Waals surface area contributed by atoms with Gasteiger partial charge in [0, 0.05) is 5.69 Å². The molecule has 2 aromatic heterocycles. The Morgan fingerprint density at radius 2 is 1.68 bits per heavy atom. The molecule has 0 saturated heterocycles. The van der Waals surface area contributed by atoms with Crippen molar-refractivity contribution in [1.82, 2.24) is 19.2 Å². The van der Waals surface area contributed by atoms with E-state index in [1.54, 1.807) is 24.3 Å². The Kier molecular flexibility index (Phi) is 5.55. The van der Waals surface area contributed by atoms with Gasteiger partial charge in [-0.3, -0.25) is 4.79 Å². The molecule has 0 radical (unpaired) electrons. The Morgan fingerprint density at radius 3 is 2.41 bits per heavy atom. The molecular weight excluding hydrogens is 430 g/mol. The maximum Gasteiger partial charge on any atom is 0.351 e. The number of para-hydroxylation sites is 3. The molecule has 5 rings (SSSR count). The fourth-order valence-electron chi connectivity index (χ4n) is 3.73. The van der Waals surface area contributed by atoms with Gasteiger partial charge in [0.05, 0.1) is 11.0 Å². The van der Waals surface area contributed by atoms with Crippen LogP contribution in [0.1, 0.15) is 25.3 Å². The van der Waals surface area contributed by atoms with E-state index >= 15 is 0 Å². The number of anilines is 1. The second kappa shape index (κ2) is 8.82. The average molecular weight is 454 g/mol. The van der Waals surface area contributed by atoms with Crippen molar-refractivity contribution in [3.05, 3.63) is 94.9 Å². The van der Waals surface area contributed by atoms with Gasteiger partial charge in [0.15, 0.2) is 0 Å². The lowest BCUT2D eigenvalue weighted by atomic mass is 10.0. The Labute approximate surface area is 195 Å². The number of nitrogens with one attached hydrogen (secondary N) is 1. The first-order valence-corrected chi connectivity index (χ1v) is 11.0. The van der Waals surface area contributed by atoms with Crippen LogP contribution in [0.3, 0.4) is 0 Å². The quantitative estimate of drug-likeness (QED) is 0.406. The largest absolute Gasteiger partial charge is 0.436 e. The van der Waals surface area contributed by atoms with Gasteiger partial charge in [-0.25, -0.2) is 18.9 Å². The van der Waals surface area contributed by atoms with Crippen molar-refractivity contribution < 1.29 is 9.53 Å². The third-order valence-electron chi connectivity index (χ3n) is 5.49. The molecule has 34 heavy (non-hydrogen) atoms. The van der Waals surface area contributed by atoms with Crippen molar-refractivity contribution in [1.29, 1.82) is 0 Å². The molecule has 5 aromatic rings. The monoisotopic (exact) mass is 453 g/mol. The molecule has 0 bridgehead atoms. The van der Waals surface area contributed by atoms with E-state index in [-0.39, 0.29) is 24.0 Å². The van der Waals surface area contributed by atoms with E-state index in [0.29, 0.717) is 28.4 Å². The van der Waals surface area contributed by atoms with Gasteiger partial charge in [-0.2, -0.15) is 0 Å². The SMILES string of the molecule is CC(C)c1ccc(Oc2nc3ccccc3n3c(=O)n(CC(=O)Nc4ccccc4)nc23)cc1. The molecule has 0 fully saturated rings. The summed E-state index contributed by atoms with van der Waals surface area (Å²) in [7, 11) is 0. The normalized spacial score (nSPS) is 11.3. The smallest absolute Gasteiger partial charge is 0.351 e. The Morgan fingerprint density at radius 1 is 0.971 bits per heavy atom. The van der Waals surface area contributed by atoms with Crippen LogP contribution >= 0.6 is 0 Å². The number of rotatable bonds is 6. The molecule has 0 atom stereocenters.